The molecule has 4 heteroatoms. The lowest BCUT2D eigenvalue weighted by atomic mass is 9.85. The molecule has 0 unspecified atom stereocenters. The van der Waals surface area contributed by atoms with Gasteiger partial charge in [0.2, 0.25) is 5.91 Å². The fraction of sp³-hybridized carbons (Fsp3) is 0.833. The van der Waals surface area contributed by atoms with Gasteiger partial charge in [-0.25, -0.2) is 0 Å². The Labute approximate surface area is 137 Å². The van der Waals surface area contributed by atoms with Gasteiger partial charge < -0.3 is 9.33 Å². The molecule has 2 heterocycles. The molecular weight excluding hydrogens is 290 g/mol. The standard InChI is InChI=1S/C18H33NO2Si/c1-7-8-16(21-22(5,6)18(2,3)4)14-11-12-19-15(13-14)9-10-17(19)20/h7,14-16H,1,8-13H2,2-6H3/t14-,15-,16-/m0/s1. The molecule has 1 amide bonds. The van der Waals surface area contributed by atoms with E-state index >= 15 is 0 Å². The first-order valence-electron chi connectivity index (χ1n) is 8.74. The molecule has 0 aliphatic carbocycles. The molecule has 126 valence electrons. The highest BCUT2D eigenvalue weighted by atomic mass is 28.4. The summed E-state index contributed by atoms with van der Waals surface area (Å²) in [6, 6.07) is 0.460. The van der Waals surface area contributed by atoms with Crippen LogP contribution < -0.4 is 0 Å². The minimum absolute atomic E-state index is 0.233. The second-order valence-electron chi connectivity index (χ2n) is 8.51. The summed E-state index contributed by atoms with van der Waals surface area (Å²) in [5.41, 5.74) is 0. The molecule has 0 saturated carbocycles. The molecule has 3 atom stereocenters. The molecule has 0 spiro atoms. The quantitative estimate of drug-likeness (QED) is 0.556. The van der Waals surface area contributed by atoms with Gasteiger partial charge in [-0.05, 0) is 49.7 Å². The van der Waals surface area contributed by atoms with E-state index < -0.39 is 8.32 Å². The molecule has 0 aromatic heterocycles. The van der Waals surface area contributed by atoms with Crippen molar-refractivity contribution in [3.05, 3.63) is 12.7 Å². The van der Waals surface area contributed by atoms with Crippen molar-refractivity contribution in [2.45, 2.75) is 83.2 Å². The van der Waals surface area contributed by atoms with Crippen molar-refractivity contribution in [1.29, 1.82) is 0 Å². The van der Waals surface area contributed by atoms with E-state index in [2.05, 4.69) is 45.3 Å². The third-order valence-electron chi connectivity index (χ3n) is 5.95. The maximum atomic E-state index is 11.9. The second kappa shape index (κ2) is 6.48. The Bertz CT molecular complexity index is 427. The zero-order valence-corrected chi connectivity index (χ0v) is 16.0. The van der Waals surface area contributed by atoms with Gasteiger partial charge in [0, 0.05) is 19.0 Å². The van der Waals surface area contributed by atoms with Gasteiger partial charge in [0.05, 0.1) is 6.10 Å². The Hall–Kier alpha value is -0.613. The van der Waals surface area contributed by atoms with Crippen LogP contribution in [0.4, 0.5) is 0 Å². The monoisotopic (exact) mass is 323 g/mol. The van der Waals surface area contributed by atoms with E-state index in [1.54, 1.807) is 0 Å². The molecule has 2 aliphatic heterocycles. The predicted octanol–water partition coefficient (Wildman–Crippen LogP) is 4.35. The van der Waals surface area contributed by atoms with Crippen molar-refractivity contribution in [1.82, 2.24) is 4.90 Å². The highest BCUT2D eigenvalue weighted by Gasteiger charge is 2.43. The lowest BCUT2D eigenvalue weighted by Crippen LogP contribution is -2.49. The SMILES string of the molecule is C=CC[C@H](O[Si](C)(C)C(C)(C)C)[C@H]1CCN2C(=O)CC[C@H]2C1. The molecule has 22 heavy (non-hydrogen) atoms. The smallest absolute Gasteiger partial charge is 0.222 e. The first kappa shape index (κ1) is 17.7. The van der Waals surface area contributed by atoms with Crippen LogP contribution in [-0.2, 0) is 9.22 Å². The van der Waals surface area contributed by atoms with Crippen molar-refractivity contribution >= 4 is 14.2 Å². The van der Waals surface area contributed by atoms with Gasteiger partial charge >= 0.3 is 0 Å². The van der Waals surface area contributed by atoms with E-state index in [1.807, 2.05) is 6.08 Å². The summed E-state index contributed by atoms with van der Waals surface area (Å²) in [6.45, 7) is 16.4. The number of rotatable bonds is 5. The Kier molecular flexibility index (Phi) is 5.22. The van der Waals surface area contributed by atoms with Crippen LogP contribution in [0.15, 0.2) is 12.7 Å². The number of hydrogen-bond acceptors (Lipinski definition) is 2. The zero-order chi connectivity index (χ0) is 16.5. The van der Waals surface area contributed by atoms with E-state index in [9.17, 15) is 4.79 Å². The fourth-order valence-corrected chi connectivity index (χ4v) is 4.91. The third-order valence-corrected chi connectivity index (χ3v) is 10.4. The number of fused-ring (bicyclic) bond motifs is 1. The van der Waals surface area contributed by atoms with Gasteiger partial charge in [0.1, 0.15) is 0 Å². The Morgan fingerprint density at radius 1 is 1.41 bits per heavy atom. The van der Waals surface area contributed by atoms with E-state index in [0.29, 0.717) is 17.9 Å². The van der Waals surface area contributed by atoms with E-state index in [1.165, 1.54) is 0 Å². The molecule has 0 aromatic rings. The van der Waals surface area contributed by atoms with Crippen molar-refractivity contribution < 1.29 is 9.22 Å². The number of carbonyl (C=O) groups is 1. The topological polar surface area (TPSA) is 29.5 Å². The summed E-state index contributed by atoms with van der Waals surface area (Å²) in [6.07, 6.45) is 7.18. The van der Waals surface area contributed by atoms with Crippen LogP contribution in [0.2, 0.25) is 18.1 Å². The van der Waals surface area contributed by atoms with Crippen molar-refractivity contribution in [2.75, 3.05) is 6.54 Å². The van der Waals surface area contributed by atoms with E-state index in [-0.39, 0.29) is 11.1 Å². The molecular formula is C18H33NO2Si. The van der Waals surface area contributed by atoms with E-state index in [4.69, 9.17) is 4.43 Å². The Balaban J connectivity index is 2.05. The van der Waals surface area contributed by atoms with Crippen LogP contribution in [0.3, 0.4) is 0 Å². The molecule has 2 fully saturated rings. The summed E-state index contributed by atoms with van der Waals surface area (Å²) in [7, 11) is -1.76. The molecule has 2 saturated heterocycles. The van der Waals surface area contributed by atoms with Crippen LogP contribution in [0.25, 0.3) is 0 Å². The molecule has 2 rings (SSSR count). The minimum atomic E-state index is -1.76. The zero-order valence-electron chi connectivity index (χ0n) is 15.0. The van der Waals surface area contributed by atoms with Crippen LogP contribution in [0.5, 0.6) is 0 Å². The van der Waals surface area contributed by atoms with Crippen molar-refractivity contribution in [3.8, 4) is 0 Å². The normalized spacial score (nSPS) is 27.7. The number of nitrogens with zero attached hydrogens (tertiary/aromatic N) is 1. The summed E-state index contributed by atoms with van der Waals surface area (Å²) < 4.78 is 6.72. The van der Waals surface area contributed by atoms with Gasteiger partial charge in [0.25, 0.3) is 0 Å². The van der Waals surface area contributed by atoms with Gasteiger partial charge in [-0.15, -0.1) is 6.58 Å². The highest BCUT2D eigenvalue weighted by Crippen LogP contribution is 2.41. The third kappa shape index (κ3) is 3.65. The predicted molar refractivity (Wildman–Crippen MR) is 94.3 cm³/mol. The number of carbonyl (C=O) groups excluding carboxylic acids is 1. The van der Waals surface area contributed by atoms with Crippen LogP contribution in [0, 0.1) is 5.92 Å². The highest BCUT2D eigenvalue weighted by molar-refractivity contribution is 6.74. The number of amides is 1. The summed E-state index contributed by atoms with van der Waals surface area (Å²) in [4.78, 5) is 14.0. The second-order valence-corrected chi connectivity index (χ2v) is 13.3. The average molecular weight is 324 g/mol. The van der Waals surface area contributed by atoms with Crippen molar-refractivity contribution in [2.24, 2.45) is 5.92 Å². The van der Waals surface area contributed by atoms with E-state index in [0.717, 1.165) is 38.6 Å². The largest absolute Gasteiger partial charge is 0.413 e. The number of piperidine rings is 1. The lowest BCUT2D eigenvalue weighted by molar-refractivity contribution is -0.130. The lowest BCUT2D eigenvalue weighted by Gasteiger charge is -2.44. The molecule has 0 radical (unpaired) electrons. The maximum Gasteiger partial charge on any atom is 0.222 e. The van der Waals surface area contributed by atoms with Crippen molar-refractivity contribution in [3.63, 3.8) is 0 Å². The average Bonchev–Trinajstić information content (AvgIpc) is 2.78. The Morgan fingerprint density at radius 2 is 2.09 bits per heavy atom. The van der Waals surface area contributed by atoms with Crippen LogP contribution in [0.1, 0.15) is 52.9 Å². The van der Waals surface area contributed by atoms with Gasteiger partial charge in [-0.3, -0.25) is 4.79 Å². The first-order valence-corrected chi connectivity index (χ1v) is 11.6. The van der Waals surface area contributed by atoms with Gasteiger partial charge in [0.15, 0.2) is 8.32 Å². The molecule has 2 aliphatic rings. The summed E-state index contributed by atoms with van der Waals surface area (Å²) in [5, 5.41) is 0.233. The summed E-state index contributed by atoms with van der Waals surface area (Å²) in [5.74, 6) is 0.924. The Morgan fingerprint density at radius 3 is 2.68 bits per heavy atom. The maximum absolute atomic E-state index is 11.9. The van der Waals surface area contributed by atoms with Gasteiger partial charge in [-0.2, -0.15) is 0 Å². The van der Waals surface area contributed by atoms with Crippen LogP contribution >= 0.6 is 0 Å². The molecule has 0 bridgehead atoms. The molecule has 0 N–H and O–H groups in total. The van der Waals surface area contributed by atoms with Gasteiger partial charge in [-0.1, -0.05) is 26.8 Å². The summed E-state index contributed by atoms with van der Waals surface area (Å²) >= 11 is 0. The fourth-order valence-electron chi connectivity index (χ4n) is 3.51. The molecule has 0 aromatic carbocycles. The minimum Gasteiger partial charge on any atom is -0.413 e. The first-order chi connectivity index (χ1) is 10.2. The van der Waals surface area contributed by atoms with Crippen LogP contribution in [-0.4, -0.2) is 37.8 Å². The number of hydrogen-bond donors (Lipinski definition) is 0. The molecule has 3 nitrogen and oxygen atoms in total.